The Morgan fingerprint density at radius 2 is 1.55 bits per heavy atom. The molecule has 0 aliphatic rings. The first-order valence-corrected chi connectivity index (χ1v) is 10.3. The predicted octanol–water partition coefficient (Wildman–Crippen LogP) is 5.36. The van der Waals surface area contributed by atoms with Crippen molar-refractivity contribution in [3.8, 4) is 5.75 Å². The van der Waals surface area contributed by atoms with Crippen molar-refractivity contribution in [2.75, 3.05) is 6.61 Å². The lowest BCUT2D eigenvalue weighted by molar-refractivity contribution is 0.275. The van der Waals surface area contributed by atoms with E-state index in [2.05, 4.69) is 56.3 Å². The summed E-state index contributed by atoms with van der Waals surface area (Å²) >= 11 is 0. The van der Waals surface area contributed by atoms with Gasteiger partial charge in [-0.1, -0.05) is 80.6 Å². The number of hydrogen-bond acceptors (Lipinski definition) is 3. The first kappa shape index (κ1) is 21.1. The summed E-state index contributed by atoms with van der Waals surface area (Å²) in [5.74, 6) is 1.39. The summed E-state index contributed by atoms with van der Waals surface area (Å²) in [6.07, 6.45) is 0.636. The normalized spacial score (nSPS) is 12.2. The van der Waals surface area contributed by atoms with E-state index in [9.17, 15) is 5.11 Å². The third kappa shape index (κ3) is 5.47. The molecule has 0 saturated heterocycles. The molecule has 0 aliphatic heterocycles. The van der Waals surface area contributed by atoms with Crippen molar-refractivity contribution in [3.63, 3.8) is 0 Å². The summed E-state index contributed by atoms with van der Waals surface area (Å²) in [5.41, 5.74) is 11.7. The monoisotopic (exact) mass is 389 g/mol. The second-order valence-corrected chi connectivity index (χ2v) is 7.74. The van der Waals surface area contributed by atoms with E-state index >= 15 is 0 Å². The maximum Gasteiger partial charge on any atom is 0.123 e. The average molecular weight is 390 g/mol. The molecule has 3 nitrogen and oxygen atoms in total. The number of aliphatic hydroxyl groups is 1. The number of aliphatic hydroxyl groups excluding tert-OH is 1. The highest BCUT2D eigenvalue weighted by atomic mass is 16.5. The van der Waals surface area contributed by atoms with E-state index in [0.717, 1.165) is 22.4 Å². The van der Waals surface area contributed by atoms with Crippen LogP contribution in [0, 0.1) is 0 Å². The number of nitrogens with two attached hydrogens (primary N) is 1. The topological polar surface area (TPSA) is 55.5 Å². The van der Waals surface area contributed by atoms with Crippen LogP contribution in [0.2, 0.25) is 0 Å². The summed E-state index contributed by atoms with van der Waals surface area (Å²) in [5, 5.41) is 9.76. The van der Waals surface area contributed by atoms with Crippen molar-refractivity contribution < 1.29 is 9.84 Å². The molecule has 3 heteroatoms. The van der Waals surface area contributed by atoms with Gasteiger partial charge in [-0.25, -0.2) is 0 Å². The third-order valence-electron chi connectivity index (χ3n) is 5.35. The lowest BCUT2D eigenvalue weighted by Crippen LogP contribution is -2.09. The van der Waals surface area contributed by atoms with E-state index in [1.807, 2.05) is 30.3 Å². The molecule has 0 aliphatic carbocycles. The Labute approximate surface area is 174 Å². The van der Waals surface area contributed by atoms with Crippen LogP contribution in [0.1, 0.15) is 59.9 Å². The fraction of sp³-hybridized carbons (Fsp3) is 0.308. The van der Waals surface area contributed by atoms with Gasteiger partial charge < -0.3 is 15.6 Å². The number of ether oxygens (including phenoxy) is 1. The number of hydrogen-bond donors (Lipinski definition) is 2. The van der Waals surface area contributed by atoms with Crippen LogP contribution in [-0.4, -0.2) is 11.7 Å². The van der Waals surface area contributed by atoms with Gasteiger partial charge in [0.1, 0.15) is 12.4 Å². The highest BCUT2D eigenvalue weighted by molar-refractivity contribution is 5.45. The van der Waals surface area contributed by atoms with Crippen molar-refractivity contribution >= 4 is 0 Å². The number of rotatable bonds is 9. The molecule has 0 fully saturated rings. The molecule has 3 rings (SSSR count). The van der Waals surface area contributed by atoms with Crippen LogP contribution in [0.4, 0.5) is 0 Å². The van der Waals surface area contributed by atoms with E-state index in [-0.39, 0.29) is 12.5 Å². The van der Waals surface area contributed by atoms with Crippen LogP contribution in [0.15, 0.2) is 72.8 Å². The maximum atomic E-state index is 9.76. The predicted molar refractivity (Wildman–Crippen MR) is 119 cm³/mol. The average Bonchev–Trinajstić information content (AvgIpc) is 2.77. The maximum absolute atomic E-state index is 9.76. The Morgan fingerprint density at radius 3 is 2.17 bits per heavy atom. The van der Waals surface area contributed by atoms with Gasteiger partial charge in [0.15, 0.2) is 0 Å². The van der Waals surface area contributed by atoms with Crippen molar-refractivity contribution in [1.82, 2.24) is 0 Å². The third-order valence-corrected chi connectivity index (χ3v) is 5.35. The quantitative estimate of drug-likeness (QED) is 0.518. The van der Waals surface area contributed by atoms with Gasteiger partial charge >= 0.3 is 0 Å². The van der Waals surface area contributed by atoms with Crippen LogP contribution in [0.3, 0.4) is 0 Å². The minimum Gasteiger partial charge on any atom is -0.489 e. The second-order valence-electron chi connectivity index (χ2n) is 7.74. The fourth-order valence-corrected chi connectivity index (χ4v) is 3.61. The van der Waals surface area contributed by atoms with E-state index in [0.29, 0.717) is 25.5 Å². The van der Waals surface area contributed by atoms with Crippen LogP contribution >= 0.6 is 0 Å². The summed E-state index contributed by atoms with van der Waals surface area (Å²) < 4.78 is 6.21. The van der Waals surface area contributed by atoms with Gasteiger partial charge in [0.2, 0.25) is 0 Å². The molecule has 0 bridgehead atoms. The minimum atomic E-state index is 0.0542. The zero-order valence-corrected chi connectivity index (χ0v) is 17.3. The second kappa shape index (κ2) is 10.2. The summed E-state index contributed by atoms with van der Waals surface area (Å²) in [4.78, 5) is 0. The lowest BCUT2D eigenvalue weighted by atomic mass is 9.86. The molecular formula is C26H31NO2. The van der Waals surface area contributed by atoms with Crippen LogP contribution < -0.4 is 10.5 Å². The van der Waals surface area contributed by atoms with Gasteiger partial charge in [-0.2, -0.15) is 0 Å². The molecule has 0 heterocycles. The fourth-order valence-electron chi connectivity index (χ4n) is 3.61. The van der Waals surface area contributed by atoms with Crippen molar-refractivity contribution in [2.24, 2.45) is 5.73 Å². The first-order chi connectivity index (χ1) is 14.1. The van der Waals surface area contributed by atoms with Gasteiger partial charge in [-0.05, 0) is 40.7 Å². The van der Waals surface area contributed by atoms with E-state index in [1.54, 1.807) is 0 Å². The zero-order chi connectivity index (χ0) is 20.6. The van der Waals surface area contributed by atoms with E-state index in [4.69, 9.17) is 10.5 Å². The van der Waals surface area contributed by atoms with Gasteiger partial charge in [-0.3, -0.25) is 0 Å². The van der Waals surface area contributed by atoms with Crippen molar-refractivity contribution in [1.29, 1.82) is 0 Å². The molecule has 29 heavy (non-hydrogen) atoms. The largest absolute Gasteiger partial charge is 0.489 e. The minimum absolute atomic E-state index is 0.0542. The molecule has 0 saturated carbocycles. The molecule has 0 spiro atoms. The van der Waals surface area contributed by atoms with Gasteiger partial charge in [0, 0.05) is 24.6 Å². The summed E-state index contributed by atoms with van der Waals surface area (Å²) in [7, 11) is 0. The summed E-state index contributed by atoms with van der Waals surface area (Å²) in [6.45, 7) is 5.49. The van der Waals surface area contributed by atoms with Gasteiger partial charge in [-0.15, -0.1) is 0 Å². The van der Waals surface area contributed by atoms with Crippen molar-refractivity contribution in [2.45, 2.75) is 45.3 Å². The highest BCUT2D eigenvalue weighted by Crippen LogP contribution is 2.36. The highest BCUT2D eigenvalue weighted by Gasteiger charge is 2.19. The molecule has 3 N–H and O–H groups in total. The molecule has 3 aromatic rings. The molecule has 0 radical (unpaired) electrons. The zero-order valence-electron chi connectivity index (χ0n) is 17.3. The lowest BCUT2D eigenvalue weighted by Gasteiger charge is -2.22. The van der Waals surface area contributed by atoms with Crippen LogP contribution in [-0.2, 0) is 13.2 Å². The van der Waals surface area contributed by atoms with Crippen LogP contribution in [0.5, 0.6) is 5.75 Å². The van der Waals surface area contributed by atoms with E-state index in [1.165, 1.54) is 11.1 Å². The molecule has 1 unspecified atom stereocenters. The Hall–Kier alpha value is -2.62. The Bertz CT molecular complexity index is 888. The smallest absolute Gasteiger partial charge is 0.123 e. The Kier molecular flexibility index (Phi) is 7.45. The first-order valence-electron chi connectivity index (χ1n) is 10.3. The van der Waals surface area contributed by atoms with Crippen LogP contribution in [0.25, 0.3) is 0 Å². The molecule has 0 aromatic heterocycles. The van der Waals surface area contributed by atoms with E-state index < -0.39 is 0 Å². The SMILES string of the molecule is CC(C)c1ccc(C(CCO)c2cc(CN)ccc2OCc2ccccc2)cc1. The Morgan fingerprint density at radius 1 is 0.862 bits per heavy atom. The summed E-state index contributed by atoms with van der Waals surface area (Å²) in [6, 6.07) is 25.0. The molecule has 1 atom stereocenters. The molecular weight excluding hydrogens is 358 g/mol. The molecule has 0 amide bonds. The van der Waals surface area contributed by atoms with Gasteiger partial charge in [0.05, 0.1) is 0 Å². The number of benzene rings is 3. The molecule has 152 valence electrons. The van der Waals surface area contributed by atoms with Gasteiger partial charge in [0.25, 0.3) is 0 Å². The standard InChI is InChI=1S/C26H31NO2/c1-19(2)22-9-11-23(12-10-22)24(14-15-28)25-16-21(17-27)8-13-26(25)29-18-20-6-4-3-5-7-20/h3-13,16,19,24,28H,14-15,17-18,27H2,1-2H3. The molecule has 3 aromatic carbocycles. The van der Waals surface area contributed by atoms with Crippen molar-refractivity contribution in [3.05, 3.63) is 101 Å². The Balaban J connectivity index is 1.94.